The summed E-state index contributed by atoms with van der Waals surface area (Å²) in [5.41, 5.74) is 1.14. The predicted molar refractivity (Wildman–Crippen MR) is 56.9 cm³/mol. The first-order chi connectivity index (χ1) is 7.13. The Morgan fingerprint density at radius 2 is 2.20 bits per heavy atom. The van der Waals surface area contributed by atoms with Crippen molar-refractivity contribution in [2.24, 2.45) is 0 Å². The van der Waals surface area contributed by atoms with Gasteiger partial charge in [-0.2, -0.15) is 0 Å². The van der Waals surface area contributed by atoms with Crippen LogP contribution in [0.3, 0.4) is 0 Å². The molecule has 0 aromatic carbocycles. The van der Waals surface area contributed by atoms with Crippen molar-refractivity contribution in [2.75, 3.05) is 13.2 Å². The van der Waals surface area contributed by atoms with Gasteiger partial charge in [-0.15, -0.1) is 0 Å². The SMILES string of the molecule is CC(C)c1ccnc(OCC(O)CO)c1. The van der Waals surface area contributed by atoms with E-state index >= 15 is 0 Å². The van der Waals surface area contributed by atoms with Crippen LogP contribution in [0.2, 0.25) is 0 Å². The Balaban J connectivity index is 2.58. The molecule has 0 aliphatic heterocycles. The summed E-state index contributed by atoms with van der Waals surface area (Å²) in [6.07, 6.45) is 0.824. The molecule has 0 spiro atoms. The third-order valence-corrected chi connectivity index (χ3v) is 2.06. The minimum Gasteiger partial charge on any atom is -0.475 e. The molecule has 0 fully saturated rings. The van der Waals surface area contributed by atoms with Crippen LogP contribution in [0, 0.1) is 0 Å². The quantitative estimate of drug-likeness (QED) is 0.760. The van der Waals surface area contributed by atoms with Gasteiger partial charge in [0.05, 0.1) is 6.61 Å². The molecule has 2 N–H and O–H groups in total. The summed E-state index contributed by atoms with van der Waals surface area (Å²) >= 11 is 0. The van der Waals surface area contributed by atoms with Crippen LogP contribution < -0.4 is 4.74 Å². The molecule has 0 amide bonds. The molecule has 0 saturated heterocycles. The lowest BCUT2D eigenvalue weighted by molar-refractivity contribution is 0.0521. The maximum Gasteiger partial charge on any atom is 0.213 e. The van der Waals surface area contributed by atoms with E-state index in [-0.39, 0.29) is 13.2 Å². The predicted octanol–water partition coefficient (Wildman–Crippen LogP) is 0.937. The van der Waals surface area contributed by atoms with Gasteiger partial charge in [-0.05, 0) is 17.5 Å². The standard InChI is InChI=1S/C11H17NO3/c1-8(2)9-3-4-12-11(5-9)15-7-10(14)6-13/h3-5,8,10,13-14H,6-7H2,1-2H3. The molecule has 1 atom stereocenters. The van der Waals surface area contributed by atoms with Gasteiger partial charge in [0.25, 0.3) is 0 Å². The Hall–Kier alpha value is -1.13. The van der Waals surface area contributed by atoms with E-state index in [1.165, 1.54) is 0 Å². The molecule has 0 saturated carbocycles. The van der Waals surface area contributed by atoms with Crippen molar-refractivity contribution in [3.05, 3.63) is 23.9 Å². The number of pyridine rings is 1. The second kappa shape index (κ2) is 5.68. The highest BCUT2D eigenvalue weighted by atomic mass is 16.5. The fourth-order valence-corrected chi connectivity index (χ4v) is 1.10. The van der Waals surface area contributed by atoms with E-state index in [0.717, 1.165) is 5.56 Å². The number of rotatable bonds is 5. The van der Waals surface area contributed by atoms with E-state index in [1.54, 1.807) is 6.20 Å². The normalized spacial score (nSPS) is 12.9. The first-order valence-corrected chi connectivity index (χ1v) is 5.01. The van der Waals surface area contributed by atoms with Crippen molar-refractivity contribution in [2.45, 2.75) is 25.9 Å². The molecule has 1 aromatic heterocycles. The van der Waals surface area contributed by atoms with E-state index in [9.17, 15) is 0 Å². The number of hydrogen-bond acceptors (Lipinski definition) is 4. The Morgan fingerprint density at radius 3 is 2.80 bits per heavy atom. The van der Waals surface area contributed by atoms with Crippen molar-refractivity contribution in [3.8, 4) is 5.88 Å². The van der Waals surface area contributed by atoms with Gasteiger partial charge in [0.15, 0.2) is 0 Å². The molecule has 1 rings (SSSR count). The minimum absolute atomic E-state index is 0.0606. The van der Waals surface area contributed by atoms with E-state index in [0.29, 0.717) is 11.8 Å². The zero-order chi connectivity index (χ0) is 11.3. The molecule has 84 valence electrons. The Labute approximate surface area is 89.5 Å². The van der Waals surface area contributed by atoms with Crippen LogP contribution in [-0.4, -0.2) is 34.5 Å². The second-order valence-electron chi connectivity index (χ2n) is 3.73. The highest BCUT2D eigenvalue weighted by Crippen LogP contribution is 2.17. The van der Waals surface area contributed by atoms with Gasteiger partial charge in [-0.25, -0.2) is 4.98 Å². The van der Waals surface area contributed by atoms with Crippen molar-refractivity contribution < 1.29 is 14.9 Å². The summed E-state index contributed by atoms with van der Waals surface area (Å²) < 4.78 is 5.23. The van der Waals surface area contributed by atoms with Crippen LogP contribution in [-0.2, 0) is 0 Å². The molecule has 1 unspecified atom stereocenters. The molecule has 4 nitrogen and oxygen atoms in total. The largest absolute Gasteiger partial charge is 0.475 e. The molecule has 1 aromatic rings. The average molecular weight is 211 g/mol. The van der Waals surface area contributed by atoms with E-state index in [1.807, 2.05) is 12.1 Å². The second-order valence-corrected chi connectivity index (χ2v) is 3.73. The van der Waals surface area contributed by atoms with Crippen molar-refractivity contribution >= 4 is 0 Å². The summed E-state index contributed by atoms with van der Waals surface area (Å²) in [6.45, 7) is 3.93. The van der Waals surface area contributed by atoms with Gasteiger partial charge < -0.3 is 14.9 Å². The van der Waals surface area contributed by atoms with Crippen LogP contribution >= 0.6 is 0 Å². The summed E-state index contributed by atoms with van der Waals surface area (Å²) in [7, 11) is 0. The summed E-state index contributed by atoms with van der Waals surface area (Å²) in [5, 5.41) is 17.7. The van der Waals surface area contributed by atoms with Gasteiger partial charge in [0.1, 0.15) is 12.7 Å². The Kier molecular flexibility index (Phi) is 4.52. The van der Waals surface area contributed by atoms with E-state index in [4.69, 9.17) is 14.9 Å². The molecule has 4 heteroatoms. The van der Waals surface area contributed by atoms with Gasteiger partial charge in [0.2, 0.25) is 5.88 Å². The van der Waals surface area contributed by atoms with Crippen LogP contribution in [0.15, 0.2) is 18.3 Å². The van der Waals surface area contributed by atoms with Crippen LogP contribution in [0.1, 0.15) is 25.3 Å². The lowest BCUT2D eigenvalue weighted by Gasteiger charge is -2.10. The van der Waals surface area contributed by atoms with Gasteiger partial charge in [-0.3, -0.25) is 0 Å². The zero-order valence-corrected chi connectivity index (χ0v) is 9.05. The molecule has 0 aliphatic rings. The number of nitrogens with zero attached hydrogens (tertiary/aromatic N) is 1. The summed E-state index contributed by atoms with van der Waals surface area (Å²) in [6, 6.07) is 3.77. The number of aliphatic hydroxyl groups excluding tert-OH is 2. The number of aromatic nitrogens is 1. The van der Waals surface area contributed by atoms with Gasteiger partial charge >= 0.3 is 0 Å². The highest BCUT2D eigenvalue weighted by molar-refractivity contribution is 5.23. The third-order valence-electron chi connectivity index (χ3n) is 2.06. The third kappa shape index (κ3) is 3.85. The molecule has 0 radical (unpaired) electrons. The van der Waals surface area contributed by atoms with Gasteiger partial charge in [-0.1, -0.05) is 13.8 Å². The molecule has 15 heavy (non-hydrogen) atoms. The molecule has 0 bridgehead atoms. The Morgan fingerprint density at radius 1 is 1.47 bits per heavy atom. The van der Waals surface area contributed by atoms with E-state index < -0.39 is 6.10 Å². The van der Waals surface area contributed by atoms with Crippen molar-refractivity contribution in [1.82, 2.24) is 4.98 Å². The van der Waals surface area contributed by atoms with E-state index in [2.05, 4.69) is 18.8 Å². The molecule has 0 aliphatic carbocycles. The highest BCUT2D eigenvalue weighted by Gasteiger charge is 2.05. The first-order valence-electron chi connectivity index (χ1n) is 5.01. The monoisotopic (exact) mass is 211 g/mol. The van der Waals surface area contributed by atoms with Crippen LogP contribution in [0.25, 0.3) is 0 Å². The molecule has 1 heterocycles. The lowest BCUT2D eigenvalue weighted by Crippen LogP contribution is -2.21. The summed E-state index contributed by atoms with van der Waals surface area (Å²) in [5.74, 6) is 0.895. The molecular weight excluding hydrogens is 194 g/mol. The minimum atomic E-state index is -0.852. The Bertz CT molecular complexity index is 302. The molecular formula is C11H17NO3. The van der Waals surface area contributed by atoms with Crippen LogP contribution in [0.5, 0.6) is 5.88 Å². The fraction of sp³-hybridized carbons (Fsp3) is 0.545. The van der Waals surface area contributed by atoms with Crippen molar-refractivity contribution in [1.29, 1.82) is 0 Å². The number of aliphatic hydroxyl groups is 2. The first kappa shape index (κ1) is 11.9. The van der Waals surface area contributed by atoms with Gasteiger partial charge in [0, 0.05) is 12.3 Å². The maximum absolute atomic E-state index is 9.09. The smallest absolute Gasteiger partial charge is 0.213 e. The topological polar surface area (TPSA) is 62.6 Å². The lowest BCUT2D eigenvalue weighted by atomic mass is 10.1. The van der Waals surface area contributed by atoms with Crippen LogP contribution in [0.4, 0.5) is 0 Å². The van der Waals surface area contributed by atoms with Crippen molar-refractivity contribution in [3.63, 3.8) is 0 Å². The number of hydrogen-bond donors (Lipinski definition) is 2. The average Bonchev–Trinajstić information content (AvgIpc) is 2.26. The maximum atomic E-state index is 9.09. The zero-order valence-electron chi connectivity index (χ0n) is 9.05. The number of ether oxygens (including phenoxy) is 1. The fourth-order valence-electron chi connectivity index (χ4n) is 1.10. The summed E-state index contributed by atoms with van der Waals surface area (Å²) in [4.78, 5) is 4.01.